The lowest BCUT2D eigenvalue weighted by molar-refractivity contribution is 0.0942. The van der Waals surface area contributed by atoms with Crippen molar-refractivity contribution in [2.24, 2.45) is 0 Å². The van der Waals surface area contributed by atoms with Crippen molar-refractivity contribution in [1.29, 1.82) is 0 Å². The highest BCUT2D eigenvalue weighted by Crippen LogP contribution is 2.24. The number of aromatic nitrogens is 2. The zero-order valence-electron chi connectivity index (χ0n) is 10.4. The maximum absolute atomic E-state index is 11.8. The molecule has 0 aliphatic heterocycles. The first-order valence-corrected chi connectivity index (χ1v) is 6.89. The molecule has 20 heavy (non-hydrogen) atoms. The SMILES string of the molecule is O=C(NCc1scnc1-c1ccccc1)c1ccon1. The van der Waals surface area contributed by atoms with Crippen LogP contribution >= 0.6 is 11.3 Å². The third-order valence-corrected chi connectivity index (χ3v) is 3.60. The lowest BCUT2D eigenvalue weighted by atomic mass is 10.1. The van der Waals surface area contributed by atoms with E-state index in [4.69, 9.17) is 0 Å². The van der Waals surface area contributed by atoms with E-state index in [0.717, 1.165) is 16.1 Å². The fourth-order valence-corrected chi connectivity index (χ4v) is 2.53. The topological polar surface area (TPSA) is 68.0 Å². The molecule has 2 heterocycles. The molecule has 0 unspecified atom stereocenters. The molecule has 5 nitrogen and oxygen atoms in total. The number of hydrogen-bond donors (Lipinski definition) is 1. The van der Waals surface area contributed by atoms with Gasteiger partial charge < -0.3 is 9.84 Å². The number of nitrogens with zero attached hydrogens (tertiary/aromatic N) is 2. The van der Waals surface area contributed by atoms with Crippen LogP contribution in [-0.4, -0.2) is 16.0 Å². The number of carbonyl (C=O) groups excluding carboxylic acids is 1. The zero-order valence-corrected chi connectivity index (χ0v) is 11.3. The number of benzene rings is 1. The lowest BCUT2D eigenvalue weighted by Crippen LogP contribution is -2.22. The minimum absolute atomic E-state index is 0.258. The van der Waals surface area contributed by atoms with Gasteiger partial charge in [0.2, 0.25) is 0 Å². The van der Waals surface area contributed by atoms with E-state index in [0.29, 0.717) is 6.54 Å². The van der Waals surface area contributed by atoms with Gasteiger partial charge in [-0.25, -0.2) is 4.98 Å². The predicted octanol–water partition coefficient (Wildman–Crippen LogP) is 2.73. The summed E-state index contributed by atoms with van der Waals surface area (Å²) < 4.78 is 4.65. The van der Waals surface area contributed by atoms with Gasteiger partial charge in [0.05, 0.1) is 22.6 Å². The second-order valence-corrected chi connectivity index (χ2v) is 5.00. The Hall–Kier alpha value is -2.47. The van der Waals surface area contributed by atoms with E-state index in [1.165, 1.54) is 23.7 Å². The molecule has 6 heteroatoms. The molecule has 0 aliphatic carbocycles. The minimum atomic E-state index is -0.258. The van der Waals surface area contributed by atoms with Crippen molar-refractivity contribution in [3.05, 3.63) is 58.7 Å². The van der Waals surface area contributed by atoms with Gasteiger partial charge >= 0.3 is 0 Å². The molecule has 0 fully saturated rings. The monoisotopic (exact) mass is 285 g/mol. The van der Waals surface area contributed by atoms with Gasteiger partial charge in [-0.1, -0.05) is 35.5 Å². The molecular formula is C14H11N3O2S. The number of carbonyl (C=O) groups is 1. The summed E-state index contributed by atoms with van der Waals surface area (Å²) in [6.45, 7) is 0.417. The van der Waals surface area contributed by atoms with Crippen LogP contribution in [0.4, 0.5) is 0 Å². The highest BCUT2D eigenvalue weighted by molar-refractivity contribution is 7.10. The molecule has 0 bridgehead atoms. The highest BCUT2D eigenvalue weighted by atomic mass is 32.1. The largest absolute Gasteiger partial charge is 0.364 e. The molecular weight excluding hydrogens is 274 g/mol. The van der Waals surface area contributed by atoms with Gasteiger partial charge in [-0.05, 0) is 0 Å². The van der Waals surface area contributed by atoms with E-state index in [2.05, 4.69) is 20.0 Å². The summed E-state index contributed by atoms with van der Waals surface area (Å²) in [5.74, 6) is -0.258. The number of hydrogen-bond acceptors (Lipinski definition) is 5. The Bertz CT molecular complexity index is 692. The third kappa shape index (κ3) is 2.60. The Balaban J connectivity index is 1.73. The quantitative estimate of drug-likeness (QED) is 0.800. The van der Waals surface area contributed by atoms with Crippen molar-refractivity contribution in [1.82, 2.24) is 15.5 Å². The van der Waals surface area contributed by atoms with E-state index < -0.39 is 0 Å². The van der Waals surface area contributed by atoms with Crippen molar-refractivity contribution in [2.75, 3.05) is 0 Å². The van der Waals surface area contributed by atoms with Gasteiger partial charge in [0.1, 0.15) is 6.26 Å². The Labute approximate surface area is 119 Å². The summed E-state index contributed by atoms with van der Waals surface area (Å²) in [6, 6.07) is 11.4. The van der Waals surface area contributed by atoms with Gasteiger partial charge in [-0.3, -0.25) is 4.79 Å². The van der Waals surface area contributed by atoms with E-state index >= 15 is 0 Å². The molecule has 0 atom stereocenters. The lowest BCUT2D eigenvalue weighted by Gasteiger charge is -2.04. The molecule has 0 radical (unpaired) electrons. The van der Waals surface area contributed by atoms with Crippen LogP contribution in [-0.2, 0) is 6.54 Å². The van der Waals surface area contributed by atoms with Crippen LogP contribution in [0.5, 0.6) is 0 Å². The van der Waals surface area contributed by atoms with Crippen LogP contribution < -0.4 is 5.32 Å². The summed E-state index contributed by atoms with van der Waals surface area (Å²) in [5, 5.41) is 6.40. The minimum Gasteiger partial charge on any atom is -0.364 e. The fraction of sp³-hybridized carbons (Fsp3) is 0.0714. The van der Waals surface area contributed by atoms with Crippen LogP contribution in [0.25, 0.3) is 11.3 Å². The molecule has 0 aliphatic rings. The van der Waals surface area contributed by atoms with Crippen molar-refractivity contribution in [2.45, 2.75) is 6.54 Å². The van der Waals surface area contributed by atoms with Crippen LogP contribution in [0, 0.1) is 0 Å². The maximum atomic E-state index is 11.8. The first kappa shape index (κ1) is 12.6. The zero-order chi connectivity index (χ0) is 13.8. The van der Waals surface area contributed by atoms with E-state index in [-0.39, 0.29) is 11.6 Å². The van der Waals surface area contributed by atoms with Crippen molar-refractivity contribution in [3.8, 4) is 11.3 Å². The summed E-state index contributed by atoms with van der Waals surface area (Å²) in [6.07, 6.45) is 1.37. The highest BCUT2D eigenvalue weighted by Gasteiger charge is 2.12. The van der Waals surface area contributed by atoms with Gasteiger partial charge in [-0.15, -0.1) is 11.3 Å². The molecule has 2 aromatic heterocycles. The molecule has 3 rings (SSSR count). The molecule has 0 saturated carbocycles. The number of amides is 1. The summed E-state index contributed by atoms with van der Waals surface area (Å²) in [7, 11) is 0. The Morgan fingerprint density at radius 2 is 2.10 bits per heavy atom. The Morgan fingerprint density at radius 1 is 1.25 bits per heavy atom. The van der Waals surface area contributed by atoms with Gasteiger partial charge in [-0.2, -0.15) is 0 Å². The summed E-state index contributed by atoms with van der Waals surface area (Å²) >= 11 is 1.51. The third-order valence-electron chi connectivity index (χ3n) is 2.77. The van der Waals surface area contributed by atoms with Gasteiger partial charge in [0.25, 0.3) is 5.91 Å². The smallest absolute Gasteiger partial charge is 0.273 e. The molecule has 0 saturated heterocycles. The average Bonchev–Trinajstić information content (AvgIpc) is 3.17. The Kier molecular flexibility index (Phi) is 3.56. The first-order chi connectivity index (χ1) is 9.84. The number of thiazole rings is 1. The van der Waals surface area contributed by atoms with E-state index in [9.17, 15) is 4.79 Å². The molecule has 0 spiro atoms. The van der Waals surface area contributed by atoms with Crippen LogP contribution in [0.2, 0.25) is 0 Å². The average molecular weight is 285 g/mol. The van der Waals surface area contributed by atoms with E-state index in [1.54, 1.807) is 5.51 Å². The van der Waals surface area contributed by atoms with Gasteiger partial charge in [0, 0.05) is 11.6 Å². The van der Waals surface area contributed by atoms with Crippen molar-refractivity contribution in [3.63, 3.8) is 0 Å². The molecule has 1 N–H and O–H groups in total. The van der Waals surface area contributed by atoms with Crippen molar-refractivity contribution < 1.29 is 9.32 Å². The fourth-order valence-electron chi connectivity index (χ4n) is 1.81. The van der Waals surface area contributed by atoms with Crippen LogP contribution in [0.3, 0.4) is 0 Å². The Morgan fingerprint density at radius 3 is 2.85 bits per heavy atom. The molecule has 100 valence electrons. The van der Waals surface area contributed by atoms with Crippen LogP contribution in [0.15, 0.2) is 52.7 Å². The molecule has 3 aromatic rings. The number of rotatable bonds is 4. The first-order valence-electron chi connectivity index (χ1n) is 6.01. The summed E-state index contributed by atoms with van der Waals surface area (Å²) in [4.78, 5) is 17.2. The normalized spacial score (nSPS) is 10.4. The van der Waals surface area contributed by atoms with Crippen molar-refractivity contribution >= 4 is 17.2 Å². The molecule has 1 amide bonds. The molecule has 1 aromatic carbocycles. The second-order valence-electron chi connectivity index (χ2n) is 4.06. The standard InChI is InChI=1S/C14H11N3O2S/c18-14(11-6-7-19-17-11)15-8-12-13(16-9-20-12)10-4-2-1-3-5-10/h1-7,9H,8H2,(H,15,18). The maximum Gasteiger partial charge on any atom is 0.273 e. The second kappa shape index (κ2) is 5.66. The summed E-state index contributed by atoms with van der Waals surface area (Å²) in [5.41, 5.74) is 3.99. The number of nitrogens with one attached hydrogen (secondary N) is 1. The predicted molar refractivity (Wildman–Crippen MR) is 75.2 cm³/mol. The van der Waals surface area contributed by atoms with E-state index in [1.807, 2.05) is 30.3 Å². The van der Waals surface area contributed by atoms with Crippen LogP contribution in [0.1, 0.15) is 15.4 Å². The van der Waals surface area contributed by atoms with Gasteiger partial charge in [0.15, 0.2) is 5.69 Å².